The van der Waals surface area contributed by atoms with E-state index in [1.54, 1.807) is 38.3 Å². The van der Waals surface area contributed by atoms with Crippen LogP contribution in [-0.2, 0) is 19.6 Å². The molecular formula is C24H34N4O5S. The third kappa shape index (κ3) is 5.61. The monoisotopic (exact) mass is 490 g/mol. The number of nitrogens with one attached hydrogen (secondary N) is 1. The van der Waals surface area contributed by atoms with E-state index < -0.39 is 10.0 Å². The number of piperidine rings is 1. The van der Waals surface area contributed by atoms with Crippen molar-refractivity contribution in [3.05, 3.63) is 35.4 Å². The van der Waals surface area contributed by atoms with E-state index >= 15 is 0 Å². The lowest BCUT2D eigenvalue weighted by atomic mass is 9.95. The van der Waals surface area contributed by atoms with E-state index in [0.717, 1.165) is 39.3 Å². The molecule has 4 rings (SSSR count). The van der Waals surface area contributed by atoms with Gasteiger partial charge in [0, 0.05) is 44.2 Å². The van der Waals surface area contributed by atoms with Crippen molar-refractivity contribution >= 4 is 26.7 Å². The van der Waals surface area contributed by atoms with E-state index in [2.05, 4.69) is 14.6 Å². The normalized spacial score (nSPS) is 21.5. The van der Waals surface area contributed by atoms with Crippen LogP contribution in [0.3, 0.4) is 0 Å². The Morgan fingerprint density at radius 3 is 2.47 bits per heavy atom. The minimum Gasteiger partial charge on any atom is -0.497 e. The number of carbonyl (C=O) groups is 1. The highest BCUT2D eigenvalue weighted by Gasteiger charge is 2.35. The van der Waals surface area contributed by atoms with Gasteiger partial charge in [0.05, 0.1) is 20.3 Å². The van der Waals surface area contributed by atoms with E-state index in [9.17, 15) is 13.2 Å². The third-order valence-electron chi connectivity index (χ3n) is 6.71. The number of ether oxygens (including phenoxy) is 2. The Labute approximate surface area is 201 Å². The molecule has 0 atom stereocenters. The molecule has 1 amide bonds. The second kappa shape index (κ2) is 10.9. The highest BCUT2D eigenvalue weighted by atomic mass is 32.2. The Balaban J connectivity index is 1.30. The number of hydrogen-bond acceptors (Lipinski definition) is 7. The molecule has 3 heterocycles. The smallest absolute Gasteiger partial charge is 0.285 e. The lowest BCUT2D eigenvalue weighted by Gasteiger charge is -2.33. The summed E-state index contributed by atoms with van der Waals surface area (Å²) >= 11 is 0. The highest BCUT2D eigenvalue weighted by Crippen LogP contribution is 2.35. The number of nitrogens with zero attached hydrogens (tertiary/aromatic N) is 3. The molecule has 9 nitrogen and oxygen atoms in total. The van der Waals surface area contributed by atoms with Crippen LogP contribution in [0.1, 0.15) is 31.7 Å². The molecule has 10 heteroatoms. The lowest BCUT2D eigenvalue weighted by molar-refractivity contribution is -0.126. The number of methoxy groups -OCH3 is 1. The minimum atomic E-state index is -3.77. The highest BCUT2D eigenvalue weighted by molar-refractivity contribution is 8.00. The molecule has 0 saturated carbocycles. The first-order chi connectivity index (χ1) is 16.4. The Kier molecular flexibility index (Phi) is 7.90. The van der Waals surface area contributed by atoms with Gasteiger partial charge < -0.3 is 19.7 Å². The zero-order valence-corrected chi connectivity index (χ0v) is 20.8. The molecule has 1 aromatic rings. The van der Waals surface area contributed by atoms with Crippen LogP contribution in [-0.4, -0.2) is 89.6 Å². The fraction of sp³-hybridized carbons (Fsp3) is 0.583. The Morgan fingerprint density at radius 2 is 1.82 bits per heavy atom. The number of carbonyl (C=O) groups excluding carboxylic acids is 1. The maximum Gasteiger partial charge on any atom is 0.285 e. The van der Waals surface area contributed by atoms with Gasteiger partial charge in [-0.25, -0.2) is 0 Å². The van der Waals surface area contributed by atoms with Crippen molar-refractivity contribution in [3.8, 4) is 5.75 Å². The first kappa shape index (κ1) is 24.7. The van der Waals surface area contributed by atoms with Gasteiger partial charge in [0.15, 0.2) is 0 Å². The Morgan fingerprint density at radius 1 is 1.15 bits per heavy atom. The van der Waals surface area contributed by atoms with Crippen molar-refractivity contribution in [2.45, 2.75) is 26.2 Å². The fourth-order valence-corrected chi connectivity index (χ4v) is 6.25. The van der Waals surface area contributed by atoms with Crippen LogP contribution in [0.5, 0.6) is 5.75 Å². The quantitative estimate of drug-likeness (QED) is 0.581. The van der Waals surface area contributed by atoms with Crippen LogP contribution in [0.4, 0.5) is 0 Å². The first-order valence-corrected chi connectivity index (χ1v) is 13.4. The summed E-state index contributed by atoms with van der Waals surface area (Å²) in [7, 11) is -2.20. The van der Waals surface area contributed by atoms with Crippen LogP contribution >= 0.6 is 0 Å². The third-order valence-corrected chi connectivity index (χ3v) is 8.18. The average Bonchev–Trinajstić information content (AvgIpc) is 3.10. The summed E-state index contributed by atoms with van der Waals surface area (Å²) in [5.41, 5.74) is 1.25. The fourth-order valence-electron chi connectivity index (χ4n) is 4.76. The van der Waals surface area contributed by atoms with Crippen molar-refractivity contribution in [2.75, 3.05) is 59.6 Å². The van der Waals surface area contributed by atoms with Crippen molar-refractivity contribution in [2.24, 2.45) is 10.3 Å². The van der Waals surface area contributed by atoms with Gasteiger partial charge in [0.2, 0.25) is 5.91 Å². The minimum absolute atomic E-state index is 0.0522. The van der Waals surface area contributed by atoms with Crippen LogP contribution in [0.2, 0.25) is 0 Å². The summed E-state index contributed by atoms with van der Waals surface area (Å²) in [5.74, 6) is 1.20. The Bertz CT molecular complexity index is 1040. The largest absolute Gasteiger partial charge is 0.497 e. The summed E-state index contributed by atoms with van der Waals surface area (Å²) in [4.78, 5) is 17.2. The summed E-state index contributed by atoms with van der Waals surface area (Å²) in [5, 5.41) is 3.08. The van der Waals surface area contributed by atoms with Gasteiger partial charge in [-0.1, -0.05) is 0 Å². The topological polar surface area (TPSA) is 101 Å². The van der Waals surface area contributed by atoms with Crippen molar-refractivity contribution in [1.29, 1.82) is 0 Å². The zero-order valence-electron chi connectivity index (χ0n) is 20.0. The SMILES string of the molecule is COc1ccc(C2=C(C)C(N3CCC(C(=O)NCCCN4CCOCC4)CC3)=NS2(=O)=O)cc1. The van der Waals surface area contributed by atoms with Gasteiger partial charge in [-0.2, -0.15) is 8.42 Å². The molecule has 0 aliphatic carbocycles. The maximum atomic E-state index is 12.8. The molecule has 34 heavy (non-hydrogen) atoms. The molecule has 1 aromatic carbocycles. The molecule has 186 valence electrons. The molecule has 2 fully saturated rings. The molecule has 2 saturated heterocycles. The summed E-state index contributed by atoms with van der Waals surface area (Å²) < 4.78 is 40.3. The second-order valence-corrected chi connectivity index (χ2v) is 10.5. The summed E-state index contributed by atoms with van der Waals surface area (Å²) in [6.45, 7) is 8.14. The van der Waals surface area contributed by atoms with Gasteiger partial charge >= 0.3 is 0 Å². The second-order valence-electron chi connectivity index (χ2n) is 8.93. The van der Waals surface area contributed by atoms with Crippen molar-refractivity contribution in [1.82, 2.24) is 15.1 Å². The van der Waals surface area contributed by atoms with Crippen LogP contribution in [0.15, 0.2) is 34.2 Å². The number of amides is 1. The predicted molar refractivity (Wildman–Crippen MR) is 131 cm³/mol. The van der Waals surface area contributed by atoms with E-state index in [-0.39, 0.29) is 16.7 Å². The molecule has 0 unspecified atom stereocenters. The first-order valence-electron chi connectivity index (χ1n) is 11.9. The number of morpholine rings is 1. The van der Waals surface area contributed by atoms with E-state index in [1.807, 2.05) is 4.90 Å². The number of benzene rings is 1. The van der Waals surface area contributed by atoms with Gasteiger partial charge in [-0.05, 0) is 62.6 Å². The molecule has 0 spiro atoms. The van der Waals surface area contributed by atoms with Gasteiger partial charge in [0.1, 0.15) is 16.5 Å². The number of amidine groups is 1. The number of hydrogen-bond donors (Lipinski definition) is 1. The standard InChI is InChI=1S/C24H34N4O5S/c1-18-22(19-4-6-21(32-2)7-5-19)34(30,31)26-23(18)28-12-8-20(9-13-28)24(29)25-10-3-11-27-14-16-33-17-15-27/h4-7,20H,3,8-17H2,1-2H3,(H,25,29). The zero-order chi connectivity index (χ0) is 24.1. The van der Waals surface area contributed by atoms with Crippen molar-refractivity contribution in [3.63, 3.8) is 0 Å². The van der Waals surface area contributed by atoms with Gasteiger partial charge in [-0.15, -0.1) is 4.40 Å². The van der Waals surface area contributed by atoms with Crippen LogP contribution < -0.4 is 10.1 Å². The molecule has 0 aromatic heterocycles. The number of likely N-dealkylation sites (tertiary alicyclic amines) is 1. The van der Waals surface area contributed by atoms with Crippen molar-refractivity contribution < 1.29 is 22.7 Å². The molecule has 0 bridgehead atoms. The number of sulfonamides is 1. The van der Waals surface area contributed by atoms with E-state index in [4.69, 9.17) is 9.47 Å². The predicted octanol–water partition coefficient (Wildman–Crippen LogP) is 1.72. The molecule has 1 N–H and O–H groups in total. The van der Waals surface area contributed by atoms with Gasteiger partial charge in [0.25, 0.3) is 10.0 Å². The van der Waals surface area contributed by atoms with E-state index in [0.29, 0.717) is 55.2 Å². The summed E-state index contributed by atoms with van der Waals surface area (Å²) in [6.07, 6.45) is 2.29. The van der Waals surface area contributed by atoms with Gasteiger partial charge in [-0.3, -0.25) is 9.69 Å². The number of rotatable bonds is 7. The van der Waals surface area contributed by atoms with E-state index in [1.165, 1.54) is 0 Å². The summed E-state index contributed by atoms with van der Waals surface area (Å²) in [6, 6.07) is 6.97. The van der Waals surface area contributed by atoms with Crippen LogP contribution in [0, 0.1) is 5.92 Å². The average molecular weight is 491 g/mol. The molecular weight excluding hydrogens is 456 g/mol. The Hall–Kier alpha value is -2.43. The molecule has 3 aliphatic heterocycles. The molecule has 0 radical (unpaired) electrons. The molecule has 3 aliphatic rings. The van der Waals surface area contributed by atoms with Crippen LogP contribution in [0.25, 0.3) is 4.91 Å². The lowest BCUT2D eigenvalue weighted by Crippen LogP contribution is -2.43. The maximum absolute atomic E-state index is 12.8.